The quantitative estimate of drug-likeness (QED) is 0.641. The number of amides is 2. The molecule has 2 amide bonds. The summed E-state index contributed by atoms with van der Waals surface area (Å²) in [6.45, 7) is 1.78. The van der Waals surface area contributed by atoms with E-state index >= 15 is 0 Å². The SMILES string of the molecule is CCC[C@@H](CC(=O)N(C)CC(=O)O)NC(=O)OCC1c2ccccc2-c2ccccc21. The molecule has 164 valence electrons. The predicted molar refractivity (Wildman–Crippen MR) is 117 cm³/mol. The molecule has 0 radical (unpaired) electrons. The highest BCUT2D eigenvalue weighted by Gasteiger charge is 2.29. The smallest absolute Gasteiger partial charge is 0.407 e. The Bertz CT molecular complexity index is 913. The maximum absolute atomic E-state index is 12.5. The summed E-state index contributed by atoms with van der Waals surface area (Å²) in [5.41, 5.74) is 4.57. The van der Waals surface area contributed by atoms with Crippen molar-refractivity contribution in [2.75, 3.05) is 20.2 Å². The topological polar surface area (TPSA) is 95.9 Å². The molecule has 0 aromatic heterocycles. The lowest BCUT2D eigenvalue weighted by atomic mass is 9.98. The van der Waals surface area contributed by atoms with E-state index in [-0.39, 0.29) is 31.4 Å². The van der Waals surface area contributed by atoms with Crippen molar-refractivity contribution in [2.45, 2.75) is 38.1 Å². The molecule has 3 rings (SSSR count). The van der Waals surface area contributed by atoms with Gasteiger partial charge in [-0.15, -0.1) is 0 Å². The largest absolute Gasteiger partial charge is 0.480 e. The molecule has 2 aromatic carbocycles. The van der Waals surface area contributed by atoms with Crippen LogP contribution >= 0.6 is 0 Å². The zero-order valence-corrected chi connectivity index (χ0v) is 17.8. The van der Waals surface area contributed by atoms with Gasteiger partial charge in [0, 0.05) is 25.4 Å². The lowest BCUT2D eigenvalue weighted by molar-refractivity contribution is -0.143. The van der Waals surface area contributed by atoms with Crippen molar-refractivity contribution >= 4 is 18.0 Å². The third-order valence-corrected chi connectivity index (χ3v) is 5.52. The van der Waals surface area contributed by atoms with Gasteiger partial charge in [0.15, 0.2) is 0 Å². The van der Waals surface area contributed by atoms with Gasteiger partial charge in [0.2, 0.25) is 5.91 Å². The van der Waals surface area contributed by atoms with Crippen molar-refractivity contribution in [3.05, 3.63) is 59.7 Å². The summed E-state index contributed by atoms with van der Waals surface area (Å²) in [5, 5.41) is 11.6. The van der Waals surface area contributed by atoms with E-state index in [1.165, 1.54) is 7.05 Å². The summed E-state index contributed by atoms with van der Waals surface area (Å²) in [5.74, 6) is -1.45. The second-order valence-electron chi connectivity index (χ2n) is 7.80. The van der Waals surface area contributed by atoms with Gasteiger partial charge in [0.1, 0.15) is 13.2 Å². The molecule has 0 fully saturated rings. The number of hydrogen-bond donors (Lipinski definition) is 2. The molecule has 2 aromatic rings. The molecule has 7 heteroatoms. The van der Waals surface area contributed by atoms with Crippen molar-refractivity contribution in [1.82, 2.24) is 10.2 Å². The van der Waals surface area contributed by atoms with Crippen molar-refractivity contribution in [2.24, 2.45) is 0 Å². The van der Waals surface area contributed by atoms with Gasteiger partial charge in [-0.1, -0.05) is 61.9 Å². The number of alkyl carbamates (subject to hydrolysis) is 1. The first-order valence-corrected chi connectivity index (χ1v) is 10.5. The molecule has 0 aliphatic heterocycles. The van der Waals surface area contributed by atoms with Crippen LogP contribution in [0.3, 0.4) is 0 Å². The second kappa shape index (κ2) is 10.1. The lowest BCUT2D eigenvalue weighted by Gasteiger charge is -2.22. The molecular weight excluding hydrogens is 396 g/mol. The highest BCUT2D eigenvalue weighted by molar-refractivity contribution is 5.82. The number of carboxylic acids is 1. The van der Waals surface area contributed by atoms with Crippen LogP contribution in [0, 0.1) is 0 Å². The number of ether oxygens (including phenoxy) is 1. The Labute approximate surface area is 182 Å². The van der Waals surface area contributed by atoms with Crippen molar-refractivity contribution in [3.63, 3.8) is 0 Å². The molecule has 1 atom stereocenters. The summed E-state index contributed by atoms with van der Waals surface area (Å²) >= 11 is 0. The monoisotopic (exact) mass is 424 g/mol. The number of aliphatic carboxylic acids is 1. The van der Waals surface area contributed by atoms with E-state index in [0.717, 1.165) is 33.6 Å². The van der Waals surface area contributed by atoms with Crippen LogP contribution in [0.4, 0.5) is 4.79 Å². The van der Waals surface area contributed by atoms with Gasteiger partial charge in [-0.25, -0.2) is 4.79 Å². The summed E-state index contributed by atoms with van der Waals surface area (Å²) in [4.78, 5) is 36.7. The summed E-state index contributed by atoms with van der Waals surface area (Å²) in [6, 6.07) is 15.8. The Morgan fingerprint density at radius 1 is 1.06 bits per heavy atom. The number of nitrogens with one attached hydrogen (secondary N) is 1. The van der Waals surface area contributed by atoms with Gasteiger partial charge in [-0.3, -0.25) is 9.59 Å². The van der Waals surface area contributed by atoms with Gasteiger partial charge in [-0.05, 0) is 28.7 Å². The van der Waals surface area contributed by atoms with Crippen LogP contribution in [-0.4, -0.2) is 54.2 Å². The average Bonchev–Trinajstić information content (AvgIpc) is 3.06. The first-order valence-electron chi connectivity index (χ1n) is 10.5. The Morgan fingerprint density at radius 2 is 1.65 bits per heavy atom. The van der Waals surface area contributed by atoms with E-state index in [2.05, 4.69) is 29.6 Å². The van der Waals surface area contributed by atoms with E-state index in [9.17, 15) is 14.4 Å². The minimum Gasteiger partial charge on any atom is -0.480 e. The van der Waals surface area contributed by atoms with E-state index in [1.54, 1.807) is 0 Å². The van der Waals surface area contributed by atoms with Crippen molar-refractivity contribution in [1.29, 1.82) is 0 Å². The Morgan fingerprint density at radius 3 is 2.19 bits per heavy atom. The fourth-order valence-corrected chi connectivity index (χ4v) is 4.04. The van der Waals surface area contributed by atoms with Gasteiger partial charge < -0.3 is 20.1 Å². The highest BCUT2D eigenvalue weighted by Crippen LogP contribution is 2.44. The number of benzene rings is 2. The standard InChI is InChI=1S/C24H28N2O5/c1-3-8-16(13-22(27)26(2)14-23(28)29)25-24(30)31-15-21-19-11-6-4-9-17(19)18-10-5-7-12-20(18)21/h4-7,9-12,16,21H,3,8,13-15H2,1-2H3,(H,25,30)(H,28,29)/t16-/m0/s1. The van der Waals surface area contributed by atoms with Crippen LogP contribution in [0.25, 0.3) is 11.1 Å². The first kappa shape index (κ1) is 22.3. The van der Waals surface area contributed by atoms with Gasteiger partial charge in [0.25, 0.3) is 0 Å². The Balaban J connectivity index is 1.61. The van der Waals surface area contributed by atoms with Crippen LogP contribution in [0.2, 0.25) is 0 Å². The first-order chi connectivity index (χ1) is 14.9. The third kappa shape index (κ3) is 5.42. The molecule has 0 saturated heterocycles. The van der Waals surface area contributed by atoms with Crippen LogP contribution in [0.5, 0.6) is 0 Å². The summed E-state index contributed by atoms with van der Waals surface area (Å²) in [6.07, 6.45) is 0.817. The minimum atomic E-state index is -1.08. The van der Waals surface area contributed by atoms with Gasteiger partial charge in [0.05, 0.1) is 0 Å². The molecule has 31 heavy (non-hydrogen) atoms. The molecule has 0 heterocycles. The summed E-state index contributed by atoms with van der Waals surface area (Å²) < 4.78 is 5.55. The third-order valence-electron chi connectivity index (χ3n) is 5.52. The maximum atomic E-state index is 12.5. The van der Waals surface area contributed by atoms with Crippen LogP contribution < -0.4 is 5.32 Å². The van der Waals surface area contributed by atoms with Gasteiger partial charge in [-0.2, -0.15) is 0 Å². The van der Waals surface area contributed by atoms with Crippen molar-refractivity contribution in [3.8, 4) is 11.1 Å². The maximum Gasteiger partial charge on any atom is 0.407 e. The average molecular weight is 424 g/mol. The van der Waals surface area contributed by atoms with E-state index in [0.29, 0.717) is 6.42 Å². The number of carbonyl (C=O) groups is 3. The molecule has 0 saturated carbocycles. The lowest BCUT2D eigenvalue weighted by Crippen LogP contribution is -2.41. The van der Waals surface area contributed by atoms with E-state index in [1.807, 2.05) is 31.2 Å². The molecular formula is C24H28N2O5. The number of carboxylic acid groups (broad SMARTS) is 1. The molecule has 0 spiro atoms. The number of likely N-dealkylation sites (N-methyl/N-ethyl adjacent to an activating group) is 1. The Kier molecular flexibility index (Phi) is 7.28. The molecule has 7 nitrogen and oxygen atoms in total. The van der Waals surface area contributed by atoms with E-state index in [4.69, 9.17) is 9.84 Å². The summed E-state index contributed by atoms with van der Waals surface area (Å²) in [7, 11) is 1.44. The number of carbonyl (C=O) groups excluding carboxylic acids is 2. The predicted octanol–water partition coefficient (Wildman–Crippen LogP) is 3.63. The zero-order chi connectivity index (χ0) is 22.4. The molecule has 1 aliphatic carbocycles. The fraction of sp³-hybridized carbons (Fsp3) is 0.375. The minimum absolute atomic E-state index is 0.0296. The normalized spacial score (nSPS) is 13.1. The molecule has 0 bridgehead atoms. The van der Waals surface area contributed by atoms with Crippen LogP contribution in [0.1, 0.15) is 43.2 Å². The molecule has 1 aliphatic rings. The highest BCUT2D eigenvalue weighted by atomic mass is 16.5. The molecule has 0 unspecified atom stereocenters. The van der Waals surface area contributed by atoms with Crippen LogP contribution in [0.15, 0.2) is 48.5 Å². The zero-order valence-electron chi connectivity index (χ0n) is 17.8. The molecule has 2 N–H and O–H groups in total. The number of nitrogens with zero attached hydrogens (tertiary/aromatic N) is 1. The Hall–Kier alpha value is -3.35. The number of rotatable bonds is 9. The number of hydrogen-bond acceptors (Lipinski definition) is 4. The fourth-order valence-electron chi connectivity index (χ4n) is 4.04. The van der Waals surface area contributed by atoms with Crippen molar-refractivity contribution < 1.29 is 24.2 Å². The second-order valence-corrected chi connectivity index (χ2v) is 7.80. The van der Waals surface area contributed by atoms with E-state index < -0.39 is 18.1 Å². The number of fused-ring (bicyclic) bond motifs is 3. The van der Waals surface area contributed by atoms with Gasteiger partial charge >= 0.3 is 12.1 Å². The van der Waals surface area contributed by atoms with Crippen LogP contribution in [-0.2, 0) is 14.3 Å².